The molecule has 2 N–H and O–H groups in total. The Morgan fingerprint density at radius 3 is 2.11 bits per heavy atom. The van der Waals surface area contributed by atoms with Gasteiger partial charge >= 0.3 is 24.3 Å². The molecule has 2 aliphatic rings. The maximum atomic E-state index is 12.8. The van der Waals surface area contributed by atoms with E-state index in [0.717, 1.165) is 38.2 Å². The highest BCUT2D eigenvalue weighted by molar-refractivity contribution is 7.07. The first-order valence-corrected chi connectivity index (χ1v) is 11.6. The molecule has 2 aromatic heterocycles. The lowest BCUT2D eigenvalue weighted by molar-refractivity contribution is -0.193. The number of rotatable bonds is 4. The van der Waals surface area contributed by atoms with Gasteiger partial charge in [-0.15, -0.1) is 0 Å². The lowest BCUT2D eigenvalue weighted by Gasteiger charge is -2.33. The monoisotopic (exact) mass is 555 g/mol. The number of carbonyl (C=O) groups is 3. The first-order valence-electron chi connectivity index (χ1n) is 10.7. The molecule has 1 amide bonds. The van der Waals surface area contributed by atoms with E-state index in [1.165, 1.54) is 5.56 Å². The van der Waals surface area contributed by atoms with E-state index in [9.17, 15) is 31.1 Å². The molecular weight excluding hydrogens is 532 g/mol. The van der Waals surface area contributed by atoms with Gasteiger partial charge in [-0.3, -0.25) is 14.7 Å². The molecule has 2 saturated heterocycles. The van der Waals surface area contributed by atoms with Gasteiger partial charge in [0.1, 0.15) is 0 Å². The van der Waals surface area contributed by atoms with E-state index in [-0.39, 0.29) is 5.92 Å². The van der Waals surface area contributed by atoms with Crippen LogP contribution in [0.25, 0.3) is 0 Å². The quantitative estimate of drug-likeness (QED) is 0.551. The maximum Gasteiger partial charge on any atom is 0.490 e. The number of carboxylic acids is 2. The number of fused-ring (bicyclic) bond motifs is 1. The van der Waals surface area contributed by atoms with Crippen LogP contribution in [0.2, 0.25) is 0 Å². The highest BCUT2D eigenvalue weighted by atomic mass is 32.1. The van der Waals surface area contributed by atoms with E-state index in [1.54, 1.807) is 17.5 Å². The lowest BCUT2D eigenvalue weighted by atomic mass is 9.88. The van der Waals surface area contributed by atoms with Gasteiger partial charge in [-0.1, -0.05) is 6.07 Å². The molecule has 2 aromatic rings. The second-order valence-corrected chi connectivity index (χ2v) is 8.99. The number of carbonyl (C=O) groups excluding carboxylic acids is 1. The molecule has 0 aliphatic carbocycles. The normalized spacial score (nSPS) is 19.7. The third kappa shape index (κ3) is 9.64. The second-order valence-electron chi connectivity index (χ2n) is 8.21. The Balaban J connectivity index is 0.000000286. The van der Waals surface area contributed by atoms with Crippen LogP contribution in [0, 0.1) is 11.8 Å². The molecule has 0 aromatic carbocycles. The van der Waals surface area contributed by atoms with Crippen molar-refractivity contribution in [3.05, 3.63) is 52.5 Å². The molecule has 2 aliphatic heterocycles. The van der Waals surface area contributed by atoms with Crippen molar-refractivity contribution in [2.45, 2.75) is 31.9 Å². The number of aliphatic carboxylic acids is 2. The van der Waals surface area contributed by atoms with Crippen molar-refractivity contribution in [3.8, 4) is 0 Å². The number of piperidine rings is 1. The molecule has 15 heteroatoms. The smallest absolute Gasteiger partial charge is 0.475 e. The number of carboxylic acid groups (broad SMARTS) is 2. The Morgan fingerprint density at radius 2 is 1.62 bits per heavy atom. The number of aromatic nitrogens is 1. The summed E-state index contributed by atoms with van der Waals surface area (Å²) in [5.74, 6) is -4.47. The summed E-state index contributed by atoms with van der Waals surface area (Å²) in [4.78, 5) is 39.2. The lowest BCUT2D eigenvalue weighted by Crippen LogP contribution is -2.44. The fraction of sp³-hybridized carbons (Fsp3) is 0.455. The Morgan fingerprint density at radius 1 is 1.00 bits per heavy atom. The van der Waals surface area contributed by atoms with Crippen molar-refractivity contribution >= 4 is 29.2 Å². The largest absolute Gasteiger partial charge is 0.490 e. The average molecular weight is 555 g/mol. The molecule has 2 atom stereocenters. The SMILES string of the molecule is O=C(O)C(F)(F)F.O=C(O)C(F)(F)F.O=C1[C@H]2CN(Cc3ccsc3)C[C@@H]2CCN1Cc1cccnc1. The summed E-state index contributed by atoms with van der Waals surface area (Å²) in [5.41, 5.74) is 2.49. The topological polar surface area (TPSA) is 111 Å². The molecule has 2 fully saturated rings. The summed E-state index contributed by atoms with van der Waals surface area (Å²) in [6.07, 6.45) is -5.41. The predicted octanol–water partition coefficient (Wildman–Crippen LogP) is 3.89. The van der Waals surface area contributed by atoms with Gasteiger partial charge in [0.05, 0.1) is 5.92 Å². The number of thiophene rings is 1. The van der Waals surface area contributed by atoms with Gasteiger partial charge in [-0.25, -0.2) is 9.59 Å². The second kappa shape index (κ2) is 12.9. The molecule has 8 nitrogen and oxygen atoms in total. The van der Waals surface area contributed by atoms with Crippen LogP contribution < -0.4 is 0 Å². The Labute approximate surface area is 211 Å². The zero-order valence-electron chi connectivity index (χ0n) is 19.1. The van der Waals surface area contributed by atoms with Crippen molar-refractivity contribution in [1.82, 2.24) is 14.8 Å². The Bertz CT molecular complexity index is 1010. The number of likely N-dealkylation sites (tertiary alicyclic amines) is 2. The molecule has 4 heterocycles. The van der Waals surface area contributed by atoms with E-state index in [1.807, 2.05) is 23.2 Å². The number of alkyl halides is 6. The number of amides is 1. The zero-order chi connectivity index (χ0) is 27.8. The number of nitrogens with zero attached hydrogens (tertiary/aromatic N) is 3. The summed E-state index contributed by atoms with van der Waals surface area (Å²) in [5, 5.41) is 18.6. The van der Waals surface area contributed by atoms with Gasteiger partial charge in [-0.2, -0.15) is 37.7 Å². The average Bonchev–Trinajstić information content (AvgIpc) is 3.46. The number of hydrogen-bond donors (Lipinski definition) is 2. The van der Waals surface area contributed by atoms with Crippen LogP contribution in [-0.2, 0) is 27.5 Å². The van der Waals surface area contributed by atoms with Gasteiger partial charge in [0.2, 0.25) is 5.91 Å². The third-order valence-corrected chi connectivity index (χ3v) is 6.21. The van der Waals surface area contributed by atoms with Crippen LogP contribution in [-0.4, -0.2) is 74.8 Å². The molecule has 0 spiro atoms. The van der Waals surface area contributed by atoms with Crippen LogP contribution in [0.5, 0.6) is 0 Å². The standard InChI is InChI=1S/C18H21N3OS.2C2HF3O2/c22-18-17-12-20(9-15-4-7-23-13-15)11-16(17)3-6-21(18)10-14-2-1-5-19-8-14;2*3-2(4,5)1(6)7/h1-2,4-5,7-8,13,16-17H,3,6,9-12H2;2*(H,6,7)/t16-,17-;;/m0../s1. The van der Waals surface area contributed by atoms with Crippen LogP contribution in [0.3, 0.4) is 0 Å². The van der Waals surface area contributed by atoms with E-state index in [4.69, 9.17) is 19.8 Å². The minimum Gasteiger partial charge on any atom is -0.475 e. The van der Waals surface area contributed by atoms with E-state index in [2.05, 4.69) is 26.7 Å². The maximum absolute atomic E-state index is 12.8. The van der Waals surface area contributed by atoms with E-state index >= 15 is 0 Å². The molecule has 204 valence electrons. The molecule has 4 rings (SSSR count). The first kappa shape index (κ1) is 30.0. The third-order valence-electron chi connectivity index (χ3n) is 5.48. The molecule has 0 radical (unpaired) electrons. The highest BCUT2D eigenvalue weighted by Gasteiger charge is 2.42. The van der Waals surface area contributed by atoms with Crippen molar-refractivity contribution in [2.75, 3.05) is 19.6 Å². The van der Waals surface area contributed by atoms with Gasteiger partial charge in [-0.05, 0) is 46.4 Å². The Hall–Kier alpha value is -3.20. The summed E-state index contributed by atoms with van der Waals surface area (Å²) in [7, 11) is 0. The van der Waals surface area contributed by atoms with Gasteiger partial charge in [0.25, 0.3) is 0 Å². The Kier molecular flexibility index (Phi) is 10.4. The van der Waals surface area contributed by atoms with Crippen LogP contribution in [0.4, 0.5) is 26.3 Å². The van der Waals surface area contributed by atoms with Gasteiger partial charge in [0.15, 0.2) is 0 Å². The van der Waals surface area contributed by atoms with Gasteiger partial charge in [0, 0.05) is 45.1 Å². The predicted molar refractivity (Wildman–Crippen MR) is 118 cm³/mol. The first-order chi connectivity index (χ1) is 17.2. The zero-order valence-corrected chi connectivity index (χ0v) is 19.9. The molecule has 0 bridgehead atoms. The minimum absolute atomic E-state index is 0.180. The van der Waals surface area contributed by atoms with Crippen molar-refractivity contribution in [3.63, 3.8) is 0 Å². The van der Waals surface area contributed by atoms with Crippen LogP contribution >= 0.6 is 11.3 Å². The van der Waals surface area contributed by atoms with E-state index < -0.39 is 24.3 Å². The van der Waals surface area contributed by atoms with Crippen LogP contribution in [0.1, 0.15) is 17.5 Å². The summed E-state index contributed by atoms with van der Waals surface area (Å²) < 4.78 is 63.5. The molecular formula is C22H23F6N3O5S. The number of hydrogen-bond acceptors (Lipinski definition) is 6. The molecule has 0 saturated carbocycles. The summed E-state index contributed by atoms with van der Waals surface area (Å²) in [6.45, 7) is 4.52. The van der Waals surface area contributed by atoms with Gasteiger partial charge < -0.3 is 15.1 Å². The summed E-state index contributed by atoms with van der Waals surface area (Å²) in [6, 6.07) is 6.16. The number of pyridine rings is 1. The van der Waals surface area contributed by atoms with Crippen LogP contribution in [0.15, 0.2) is 41.4 Å². The highest BCUT2D eigenvalue weighted by Crippen LogP contribution is 2.33. The molecule has 37 heavy (non-hydrogen) atoms. The fourth-order valence-corrected chi connectivity index (χ4v) is 4.50. The van der Waals surface area contributed by atoms with E-state index in [0.29, 0.717) is 18.4 Å². The van der Waals surface area contributed by atoms with Crippen molar-refractivity contribution in [1.29, 1.82) is 0 Å². The summed E-state index contributed by atoms with van der Waals surface area (Å²) >= 11 is 1.74. The minimum atomic E-state index is -5.08. The van der Waals surface area contributed by atoms with Crippen molar-refractivity contribution in [2.24, 2.45) is 11.8 Å². The van der Waals surface area contributed by atoms with Crippen molar-refractivity contribution < 1.29 is 50.9 Å². The molecule has 0 unspecified atom stereocenters. The fourth-order valence-electron chi connectivity index (χ4n) is 3.84. The number of halogens is 6.